The number of benzene rings is 3. The fraction of sp³-hybridized carbons (Fsp3) is 0.0556. The third-order valence-electron chi connectivity index (χ3n) is 3.48. The first kappa shape index (κ1) is 17.6. The molecule has 2 nitrogen and oxygen atoms in total. The molecule has 0 spiro atoms. The second-order valence-corrected chi connectivity index (χ2v) is 6.58. The van der Waals surface area contributed by atoms with Gasteiger partial charge in [-0.15, -0.1) is 11.8 Å². The summed E-state index contributed by atoms with van der Waals surface area (Å²) < 4.78 is 39.7. The molecule has 128 valence electrons. The summed E-state index contributed by atoms with van der Waals surface area (Å²) in [5.74, 6) is -4.94. The van der Waals surface area contributed by atoms with Gasteiger partial charge >= 0.3 is 0 Å². The van der Waals surface area contributed by atoms with Crippen molar-refractivity contribution in [2.75, 3.05) is 11.1 Å². The van der Waals surface area contributed by atoms with Crippen LogP contribution in [0.5, 0.6) is 0 Å². The first-order chi connectivity index (χ1) is 12.0. The highest BCUT2D eigenvalue weighted by molar-refractivity contribution is 8.00. The van der Waals surface area contributed by atoms with E-state index in [9.17, 15) is 18.0 Å². The monoisotopic (exact) mass is 381 g/mol. The van der Waals surface area contributed by atoms with Gasteiger partial charge in [-0.25, -0.2) is 13.2 Å². The standard InChI is InChI=1S/C18H11ClF3NOS/c19-11-5-1-3-10-4-2-6-14(16(10)11)25-9-15(24)23-13-8-7-12(20)17(21)18(13)22/h1-8H,9H2,(H,23,24). The molecule has 3 aromatic carbocycles. The number of hydrogen-bond donors (Lipinski definition) is 1. The SMILES string of the molecule is O=C(CSc1cccc2cccc(Cl)c12)Nc1ccc(F)c(F)c1F. The van der Waals surface area contributed by atoms with Crippen molar-refractivity contribution in [2.45, 2.75) is 4.90 Å². The van der Waals surface area contributed by atoms with E-state index in [0.29, 0.717) is 5.02 Å². The smallest absolute Gasteiger partial charge is 0.234 e. The zero-order chi connectivity index (χ0) is 18.0. The van der Waals surface area contributed by atoms with Crippen LogP contribution in [0, 0.1) is 17.5 Å². The van der Waals surface area contributed by atoms with E-state index in [2.05, 4.69) is 5.32 Å². The Bertz CT molecular complexity index is 959. The Labute approximate surface area is 151 Å². The molecule has 1 N–H and O–H groups in total. The summed E-state index contributed by atoms with van der Waals surface area (Å²) in [7, 11) is 0. The lowest BCUT2D eigenvalue weighted by Gasteiger charge is -2.09. The highest BCUT2D eigenvalue weighted by atomic mass is 35.5. The van der Waals surface area contributed by atoms with Gasteiger partial charge in [-0.3, -0.25) is 4.79 Å². The minimum absolute atomic E-state index is 0.0389. The van der Waals surface area contributed by atoms with Crippen LogP contribution in [-0.4, -0.2) is 11.7 Å². The van der Waals surface area contributed by atoms with Gasteiger partial charge in [0.2, 0.25) is 5.91 Å². The molecule has 3 rings (SSSR count). The van der Waals surface area contributed by atoms with Gasteiger partial charge in [-0.2, -0.15) is 0 Å². The van der Waals surface area contributed by atoms with E-state index in [1.807, 2.05) is 30.3 Å². The van der Waals surface area contributed by atoms with Crippen molar-refractivity contribution in [3.8, 4) is 0 Å². The number of fused-ring (bicyclic) bond motifs is 1. The van der Waals surface area contributed by atoms with Gasteiger partial charge < -0.3 is 5.32 Å². The molecule has 0 unspecified atom stereocenters. The molecule has 7 heteroatoms. The molecule has 0 bridgehead atoms. The summed E-state index contributed by atoms with van der Waals surface area (Å²) in [5.41, 5.74) is -0.402. The molecule has 0 aliphatic heterocycles. The van der Waals surface area contributed by atoms with Crippen LogP contribution in [0.3, 0.4) is 0 Å². The molecule has 0 heterocycles. The number of hydrogen-bond acceptors (Lipinski definition) is 2. The lowest BCUT2D eigenvalue weighted by atomic mass is 10.1. The zero-order valence-electron chi connectivity index (χ0n) is 12.7. The molecule has 25 heavy (non-hydrogen) atoms. The molecule has 0 radical (unpaired) electrons. The Morgan fingerprint density at radius 2 is 1.72 bits per heavy atom. The highest BCUT2D eigenvalue weighted by Gasteiger charge is 2.15. The number of nitrogens with one attached hydrogen (secondary N) is 1. The highest BCUT2D eigenvalue weighted by Crippen LogP contribution is 2.33. The van der Waals surface area contributed by atoms with Crippen LogP contribution in [0.2, 0.25) is 5.02 Å². The fourth-order valence-electron chi connectivity index (χ4n) is 2.33. The van der Waals surface area contributed by atoms with Gasteiger partial charge in [0.25, 0.3) is 0 Å². The first-order valence-corrected chi connectivity index (χ1v) is 8.57. The maximum atomic E-state index is 13.6. The minimum atomic E-state index is -1.62. The molecule has 0 aromatic heterocycles. The van der Waals surface area contributed by atoms with Crippen molar-refractivity contribution in [1.29, 1.82) is 0 Å². The van der Waals surface area contributed by atoms with Gasteiger partial charge in [-0.1, -0.05) is 35.9 Å². The van der Waals surface area contributed by atoms with Gasteiger partial charge in [-0.05, 0) is 29.7 Å². The second-order valence-electron chi connectivity index (χ2n) is 5.15. The minimum Gasteiger partial charge on any atom is -0.323 e. The van der Waals surface area contributed by atoms with E-state index in [4.69, 9.17) is 11.6 Å². The van der Waals surface area contributed by atoms with E-state index in [1.165, 1.54) is 11.8 Å². The fourth-order valence-corrected chi connectivity index (χ4v) is 3.58. The maximum Gasteiger partial charge on any atom is 0.234 e. The van der Waals surface area contributed by atoms with Gasteiger partial charge in [0.15, 0.2) is 17.5 Å². The van der Waals surface area contributed by atoms with Crippen LogP contribution in [0.4, 0.5) is 18.9 Å². The predicted octanol–water partition coefficient (Wildman–Crippen LogP) is 5.64. The molecule has 3 aromatic rings. The average molecular weight is 382 g/mol. The topological polar surface area (TPSA) is 29.1 Å². The lowest BCUT2D eigenvalue weighted by molar-refractivity contribution is -0.113. The Morgan fingerprint density at radius 3 is 2.48 bits per heavy atom. The quantitative estimate of drug-likeness (QED) is 0.468. The summed E-state index contributed by atoms with van der Waals surface area (Å²) in [6.07, 6.45) is 0. The molecule has 1 amide bonds. The van der Waals surface area contributed by atoms with E-state index in [0.717, 1.165) is 27.8 Å². The number of thioether (sulfide) groups is 1. The molecule has 0 saturated carbocycles. The first-order valence-electron chi connectivity index (χ1n) is 7.21. The van der Waals surface area contributed by atoms with Crippen molar-refractivity contribution >= 4 is 45.7 Å². The molecule has 0 saturated heterocycles. The molecule has 0 fully saturated rings. The van der Waals surface area contributed by atoms with Crippen LogP contribution in [0.25, 0.3) is 10.8 Å². The second kappa shape index (κ2) is 7.37. The van der Waals surface area contributed by atoms with E-state index >= 15 is 0 Å². The van der Waals surface area contributed by atoms with E-state index in [-0.39, 0.29) is 5.75 Å². The van der Waals surface area contributed by atoms with Crippen molar-refractivity contribution in [2.24, 2.45) is 0 Å². The summed E-state index contributed by atoms with van der Waals surface area (Å²) in [6.45, 7) is 0. The number of carbonyl (C=O) groups excluding carboxylic acids is 1. The van der Waals surface area contributed by atoms with Crippen LogP contribution in [0.1, 0.15) is 0 Å². The number of carbonyl (C=O) groups is 1. The molecule has 0 atom stereocenters. The van der Waals surface area contributed by atoms with Crippen LogP contribution < -0.4 is 5.32 Å². The zero-order valence-corrected chi connectivity index (χ0v) is 14.2. The van der Waals surface area contributed by atoms with Crippen LogP contribution in [0.15, 0.2) is 53.4 Å². The summed E-state index contributed by atoms with van der Waals surface area (Å²) >= 11 is 7.44. The third-order valence-corrected chi connectivity index (χ3v) is 4.86. The maximum absolute atomic E-state index is 13.6. The number of rotatable bonds is 4. The van der Waals surface area contributed by atoms with Crippen molar-refractivity contribution in [3.63, 3.8) is 0 Å². The van der Waals surface area contributed by atoms with Crippen LogP contribution in [-0.2, 0) is 4.79 Å². The van der Waals surface area contributed by atoms with Crippen molar-refractivity contribution < 1.29 is 18.0 Å². The summed E-state index contributed by atoms with van der Waals surface area (Å²) in [4.78, 5) is 12.8. The normalized spacial score (nSPS) is 10.9. The molecule has 0 aliphatic rings. The number of halogens is 4. The molecular formula is C18H11ClF3NOS. The average Bonchev–Trinajstić information content (AvgIpc) is 2.60. The number of amides is 1. The lowest BCUT2D eigenvalue weighted by Crippen LogP contribution is -2.15. The predicted molar refractivity (Wildman–Crippen MR) is 94.6 cm³/mol. The Balaban J connectivity index is 1.75. The van der Waals surface area contributed by atoms with E-state index in [1.54, 1.807) is 6.07 Å². The van der Waals surface area contributed by atoms with Crippen molar-refractivity contribution in [1.82, 2.24) is 0 Å². The van der Waals surface area contributed by atoms with Crippen LogP contribution >= 0.6 is 23.4 Å². The van der Waals surface area contributed by atoms with Gasteiger partial charge in [0, 0.05) is 15.3 Å². The van der Waals surface area contributed by atoms with E-state index < -0.39 is 29.0 Å². The molecular weight excluding hydrogens is 371 g/mol. The van der Waals surface area contributed by atoms with Crippen molar-refractivity contribution in [3.05, 3.63) is 71.0 Å². The number of anilines is 1. The summed E-state index contributed by atoms with van der Waals surface area (Å²) in [6, 6.07) is 12.8. The summed E-state index contributed by atoms with van der Waals surface area (Å²) in [5, 5.41) is 4.56. The van der Waals surface area contributed by atoms with Gasteiger partial charge in [0.05, 0.1) is 11.4 Å². The largest absolute Gasteiger partial charge is 0.323 e. The Hall–Kier alpha value is -2.18. The molecule has 0 aliphatic carbocycles. The van der Waals surface area contributed by atoms with Gasteiger partial charge in [0.1, 0.15) is 0 Å². The Morgan fingerprint density at radius 1 is 1.00 bits per heavy atom. The third kappa shape index (κ3) is 3.75. The Kier molecular flexibility index (Phi) is 5.20.